The molecule has 1 fully saturated rings. The third-order valence-corrected chi connectivity index (χ3v) is 4.53. The molecule has 1 saturated carbocycles. The topological polar surface area (TPSA) is 67.4 Å². The van der Waals surface area contributed by atoms with Crippen molar-refractivity contribution in [1.82, 2.24) is 0 Å². The van der Waals surface area contributed by atoms with Crippen LogP contribution in [0.2, 0.25) is 0 Å². The summed E-state index contributed by atoms with van der Waals surface area (Å²) in [5.41, 5.74) is 0.648. The van der Waals surface area contributed by atoms with Crippen LogP contribution < -0.4 is 15.4 Å². The van der Waals surface area contributed by atoms with Crippen LogP contribution in [-0.2, 0) is 15.8 Å². The van der Waals surface area contributed by atoms with E-state index in [0.29, 0.717) is 17.9 Å². The monoisotopic (exact) mass is 392 g/mol. The predicted octanol–water partition coefficient (Wildman–Crippen LogP) is 4.24. The summed E-state index contributed by atoms with van der Waals surface area (Å²) in [6.45, 7) is 1.87. The molecule has 2 N–H and O–H groups in total. The summed E-state index contributed by atoms with van der Waals surface area (Å²) in [6, 6.07) is 9.73. The third-order valence-electron chi connectivity index (χ3n) is 4.53. The van der Waals surface area contributed by atoms with Gasteiger partial charge in [0.25, 0.3) is 0 Å². The molecule has 1 aliphatic carbocycles. The van der Waals surface area contributed by atoms with Crippen LogP contribution in [0.25, 0.3) is 0 Å². The zero-order chi connectivity index (χ0) is 20.5. The number of alkyl halides is 3. The predicted molar refractivity (Wildman–Crippen MR) is 98.0 cm³/mol. The number of rotatable bonds is 5. The van der Waals surface area contributed by atoms with E-state index in [0.717, 1.165) is 17.7 Å². The fourth-order valence-corrected chi connectivity index (χ4v) is 2.93. The zero-order valence-corrected chi connectivity index (χ0v) is 15.3. The maximum atomic E-state index is 12.8. The highest BCUT2D eigenvalue weighted by atomic mass is 19.4. The van der Waals surface area contributed by atoms with Crippen LogP contribution in [0.4, 0.5) is 24.5 Å². The normalized spacial score (nSPS) is 18.3. The number of hydrogen-bond donors (Lipinski definition) is 2. The molecule has 0 aliphatic heterocycles. The number of hydrogen-bond acceptors (Lipinski definition) is 3. The summed E-state index contributed by atoms with van der Waals surface area (Å²) in [5, 5.41) is 5.20. The molecule has 3 rings (SSSR count). The molecular weight excluding hydrogens is 373 g/mol. The first-order valence-corrected chi connectivity index (χ1v) is 8.62. The smallest absolute Gasteiger partial charge is 0.416 e. The molecule has 2 aromatic rings. The van der Waals surface area contributed by atoms with Crippen molar-refractivity contribution in [2.45, 2.75) is 19.5 Å². The van der Waals surface area contributed by atoms with Crippen LogP contribution in [0.5, 0.6) is 5.75 Å². The van der Waals surface area contributed by atoms with Gasteiger partial charge in [-0.3, -0.25) is 9.59 Å². The highest BCUT2D eigenvalue weighted by Gasteiger charge is 2.48. The van der Waals surface area contributed by atoms with Gasteiger partial charge >= 0.3 is 6.18 Å². The van der Waals surface area contributed by atoms with Gasteiger partial charge in [-0.25, -0.2) is 0 Å². The fourth-order valence-electron chi connectivity index (χ4n) is 2.93. The van der Waals surface area contributed by atoms with E-state index in [1.54, 1.807) is 12.1 Å². The van der Waals surface area contributed by atoms with Gasteiger partial charge in [-0.05, 0) is 49.2 Å². The molecule has 0 radical (unpaired) electrons. The summed E-state index contributed by atoms with van der Waals surface area (Å²) in [4.78, 5) is 24.7. The summed E-state index contributed by atoms with van der Waals surface area (Å²) in [5.74, 6) is -1.41. The molecule has 2 aromatic carbocycles. The molecule has 2 amide bonds. The summed E-state index contributed by atoms with van der Waals surface area (Å²) in [6.07, 6.45) is -4.15. The largest absolute Gasteiger partial charge is 0.495 e. The number of carbonyl (C=O) groups is 2. The number of carbonyl (C=O) groups excluding carboxylic acids is 2. The Morgan fingerprint density at radius 3 is 2.36 bits per heavy atom. The second-order valence-corrected chi connectivity index (χ2v) is 6.71. The molecule has 0 saturated heterocycles. The Morgan fingerprint density at radius 2 is 1.71 bits per heavy atom. The van der Waals surface area contributed by atoms with E-state index in [9.17, 15) is 22.8 Å². The van der Waals surface area contributed by atoms with Gasteiger partial charge in [0.15, 0.2) is 0 Å². The second kappa shape index (κ2) is 7.53. The first kappa shape index (κ1) is 19.7. The Balaban J connectivity index is 1.61. The molecule has 5 nitrogen and oxygen atoms in total. The van der Waals surface area contributed by atoms with Crippen molar-refractivity contribution in [3.63, 3.8) is 0 Å². The van der Waals surface area contributed by atoms with Crippen LogP contribution in [-0.4, -0.2) is 18.9 Å². The van der Waals surface area contributed by atoms with E-state index in [-0.39, 0.29) is 11.6 Å². The lowest BCUT2D eigenvalue weighted by atomic mass is 10.2. The molecular formula is C20H19F3N2O3. The van der Waals surface area contributed by atoms with Crippen LogP contribution in [0, 0.1) is 18.8 Å². The number of ether oxygens (including phenoxy) is 1. The lowest BCUT2D eigenvalue weighted by Gasteiger charge is -2.11. The molecule has 0 spiro atoms. The van der Waals surface area contributed by atoms with Crippen molar-refractivity contribution in [3.8, 4) is 5.75 Å². The number of aryl methyl sites for hydroxylation is 1. The molecule has 28 heavy (non-hydrogen) atoms. The minimum atomic E-state index is -4.49. The lowest BCUT2D eigenvalue weighted by Crippen LogP contribution is -2.21. The van der Waals surface area contributed by atoms with Gasteiger partial charge < -0.3 is 15.4 Å². The number of benzene rings is 2. The van der Waals surface area contributed by atoms with Crippen molar-refractivity contribution < 1.29 is 27.5 Å². The van der Waals surface area contributed by atoms with E-state index >= 15 is 0 Å². The summed E-state index contributed by atoms with van der Waals surface area (Å²) in [7, 11) is 1.49. The van der Waals surface area contributed by atoms with Gasteiger partial charge in [0, 0.05) is 5.69 Å². The molecule has 2 unspecified atom stereocenters. The highest BCUT2D eigenvalue weighted by molar-refractivity contribution is 6.03. The second-order valence-electron chi connectivity index (χ2n) is 6.71. The Bertz CT molecular complexity index is 912. The van der Waals surface area contributed by atoms with E-state index < -0.39 is 29.5 Å². The molecule has 0 aromatic heterocycles. The maximum absolute atomic E-state index is 12.8. The van der Waals surface area contributed by atoms with Gasteiger partial charge in [0.05, 0.1) is 30.2 Å². The highest BCUT2D eigenvalue weighted by Crippen LogP contribution is 2.41. The Kier molecular flexibility index (Phi) is 5.31. The molecule has 2 atom stereocenters. The van der Waals surface area contributed by atoms with E-state index in [1.807, 2.05) is 13.0 Å². The van der Waals surface area contributed by atoms with Crippen LogP contribution in [0.3, 0.4) is 0 Å². The standard InChI is InChI=1S/C20H19F3N2O3/c1-11-6-7-17(28-2)16(8-11)25-19(27)15-10-14(15)18(26)24-13-5-3-4-12(9-13)20(21,22)23/h3-9,14-15H,10H2,1-2H3,(H,24,26)(H,25,27). The molecule has 0 heterocycles. The Labute approximate surface area is 159 Å². The number of halogens is 3. The van der Waals surface area contributed by atoms with Gasteiger partial charge in [-0.15, -0.1) is 0 Å². The van der Waals surface area contributed by atoms with Crippen molar-refractivity contribution >= 4 is 23.2 Å². The molecule has 1 aliphatic rings. The minimum absolute atomic E-state index is 0.0474. The van der Waals surface area contributed by atoms with Crippen molar-refractivity contribution in [3.05, 3.63) is 53.6 Å². The molecule has 8 heteroatoms. The van der Waals surface area contributed by atoms with E-state index in [4.69, 9.17) is 4.74 Å². The molecule has 148 valence electrons. The number of amides is 2. The van der Waals surface area contributed by atoms with Gasteiger partial charge in [-0.2, -0.15) is 13.2 Å². The van der Waals surface area contributed by atoms with E-state index in [2.05, 4.69) is 10.6 Å². The number of nitrogens with one attached hydrogen (secondary N) is 2. The first-order valence-electron chi connectivity index (χ1n) is 8.62. The van der Waals surface area contributed by atoms with Crippen molar-refractivity contribution in [2.24, 2.45) is 11.8 Å². The average molecular weight is 392 g/mol. The Morgan fingerprint density at radius 1 is 1.04 bits per heavy atom. The van der Waals surface area contributed by atoms with Gasteiger partial charge in [0.1, 0.15) is 5.75 Å². The molecule has 0 bridgehead atoms. The Hall–Kier alpha value is -3.03. The minimum Gasteiger partial charge on any atom is -0.495 e. The van der Waals surface area contributed by atoms with Gasteiger partial charge in [0.2, 0.25) is 11.8 Å². The zero-order valence-electron chi connectivity index (χ0n) is 15.3. The van der Waals surface area contributed by atoms with E-state index in [1.165, 1.54) is 19.2 Å². The van der Waals surface area contributed by atoms with Crippen LogP contribution >= 0.6 is 0 Å². The van der Waals surface area contributed by atoms with Crippen LogP contribution in [0.15, 0.2) is 42.5 Å². The lowest BCUT2D eigenvalue weighted by molar-refractivity contribution is -0.137. The quantitative estimate of drug-likeness (QED) is 0.800. The first-order chi connectivity index (χ1) is 13.2. The summed E-state index contributed by atoms with van der Waals surface area (Å²) < 4.78 is 43.5. The fraction of sp³-hybridized carbons (Fsp3) is 0.300. The maximum Gasteiger partial charge on any atom is 0.416 e. The van der Waals surface area contributed by atoms with Gasteiger partial charge in [-0.1, -0.05) is 12.1 Å². The van der Waals surface area contributed by atoms with Crippen molar-refractivity contribution in [2.75, 3.05) is 17.7 Å². The SMILES string of the molecule is COc1ccc(C)cc1NC(=O)C1CC1C(=O)Nc1cccc(C(F)(F)F)c1. The van der Waals surface area contributed by atoms with Crippen molar-refractivity contribution in [1.29, 1.82) is 0 Å². The number of methoxy groups -OCH3 is 1. The summed E-state index contributed by atoms with van der Waals surface area (Å²) >= 11 is 0. The number of anilines is 2. The third kappa shape index (κ3) is 4.44. The van der Waals surface area contributed by atoms with Crippen LogP contribution in [0.1, 0.15) is 17.5 Å². The average Bonchev–Trinajstić information content (AvgIpc) is 3.42.